The van der Waals surface area contributed by atoms with E-state index >= 15 is 0 Å². The van der Waals surface area contributed by atoms with E-state index in [4.69, 9.17) is 0 Å². The average Bonchev–Trinajstić information content (AvgIpc) is 1.77. The van der Waals surface area contributed by atoms with Crippen molar-refractivity contribution >= 4 is 31.9 Å². The van der Waals surface area contributed by atoms with Crippen LogP contribution >= 0.6 is 9.90 Å². The second-order valence-electron chi connectivity index (χ2n) is 2.08. The Morgan fingerprint density at radius 2 is 1.78 bits per heavy atom. The van der Waals surface area contributed by atoms with Crippen LogP contribution in [0.3, 0.4) is 0 Å². The standard InChI is InChI=1S/C7H7.Li.H3P/c1-7-5-3-2-4-6-7;;/h2-5H,1H3;;1H3. The molecule has 0 saturated carbocycles. The van der Waals surface area contributed by atoms with Gasteiger partial charge in [-0.25, -0.2) is 0 Å². The van der Waals surface area contributed by atoms with Gasteiger partial charge in [0.15, 0.2) is 0 Å². The molecule has 0 heterocycles. The molecule has 0 aliphatic rings. The SMILES string of the molecule is P.[Li][c]1ccccc1C. The summed E-state index contributed by atoms with van der Waals surface area (Å²) in [4.78, 5) is 0. The quantitative estimate of drug-likeness (QED) is 0.362. The van der Waals surface area contributed by atoms with Crippen LogP contribution < -0.4 is 4.24 Å². The van der Waals surface area contributed by atoms with Gasteiger partial charge in [0.25, 0.3) is 0 Å². The zero-order valence-electron chi connectivity index (χ0n) is 6.02. The molecule has 0 aliphatic carbocycles. The van der Waals surface area contributed by atoms with Crippen LogP contribution in [0.2, 0.25) is 0 Å². The molecule has 0 fully saturated rings. The van der Waals surface area contributed by atoms with E-state index in [0.717, 1.165) is 0 Å². The molecule has 1 rings (SSSR count). The van der Waals surface area contributed by atoms with Crippen molar-refractivity contribution < 1.29 is 0 Å². The van der Waals surface area contributed by atoms with Crippen molar-refractivity contribution in [3.63, 3.8) is 0 Å². The summed E-state index contributed by atoms with van der Waals surface area (Å²) in [5.74, 6) is 0. The van der Waals surface area contributed by atoms with Gasteiger partial charge in [0.1, 0.15) is 0 Å². The van der Waals surface area contributed by atoms with E-state index in [1.54, 1.807) is 0 Å². The van der Waals surface area contributed by atoms with Crippen molar-refractivity contribution in [2.45, 2.75) is 6.92 Å². The minimum atomic E-state index is 0. The predicted octanol–water partition coefficient (Wildman–Crippen LogP) is 0.847. The molecule has 1 aromatic carbocycles. The Kier molecular flexibility index (Phi) is 4.24. The fraction of sp³-hybridized carbons (Fsp3) is 0.143. The van der Waals surface area contributed by atoms with Crippen LogP contribution in [0, 0.1) is 6.92 Å². The molecule has 0 N–H and O–H groups in total. The fourth-order valence-corrected chi connectivity index (χ4v) is 0.663. The van der Waals surface area contributed by atoms with E-state index in [9.17, 15) is 0 Å². The van der Waals surface area contributed by atoms with E-state index in [1.165, 1.54) is 9.80 Å². The Balaban J connectivity index is 0.000000640. The van der Waals surface area contributed by atoms with Crippen LogP contribution in [0.5, 0.6) is 0 Å². The first kappa shape index (κ1) is 9.25. The van der Waals surface area contributed by atoms with E-state index in [-0.39, 0.29) is 9.90 Å². The van der Waals surface area contributed by atoms with E-state index < -0.39 is 0 Å². The summed E-state index contributed by atoms with van der Waals surface area (Å²) in [6.45, 7) is 2.12. The van der Waals surface area contributed by atoms with Crippen LogP contribution in [-0.4, -0.2) is 17.7 Å². The molecular formula is C7H10LiP. The van der Waals surface area contributed by atoms with Crippen LogP contribution in [0.15, 0.2) is 24.3 Å². The topological polar surface area (TPSA) is 0 Å². The molecule has 0 amide bonds. The van der Waals surface area contributed by atoms with E-state index in [2.05, 4.69) is 48.9 Å². The summed E-state index contributed by atoms with van der Waals surface area (Å²) in [6, 6.07) is 8.36. The van der Waals surface area contributed by atoms with Crippen molar-refractivity contribution in [3.8, 4) is 0 Å². The average molecular weight is 132 g/mol. The molecule has 1 atom stereocenters. The Hall–Kier alpha value is 0.247. The number of hydrogen-bond acceptors (Lipinski definition) is 0. The van der Waals surface area contributed by atoms with E-state index in [0.29, 0.717) is 0 Å². The van der Waals surface area contributed by atoms with Gasteiger partial charge in [-0.05, 0) is 0 Å². The molecule has 2 heteroatoms. The van der Waals surface area contributed by atoms with Gasteiger partial charge in [-0.1, -0.05) is 0 Å². The van der Waals surface area contributed by atoms with Crippen molar-refractivity contribution in [2.75, 3.05) is 0 Å². The molecule has 0 radical (unpaired) electrons. The third-order valence-corrected chi connectivity index (χ3v) is 1.43. The number of rotatable bonds is 0. The first-order chi connectivity index (χ1) is 3.80. The molecule has 1 unspecified atom stereocenters. The first-order valence-electron chi connectivity index (χ1n) is 2.83. The second-order valence-corrected chi connectivity index (χ2v) is 2.08. The zero-order valence-corrected chi connectivity index (χ0v) is 7.43. The Labute approximate surface area is 68.9 Å². The van der Waals surface area contributed by atoms with Crippen LogP contribution in [-0.2, 0) is 0 Å². The van der Waals surface area contributed by atoms with Gasteiger partial charge in [-0.15, -0.1) is 0 Å². The summed E-state index contributed by atoms with van der Waals surface area (Å²) >= 11 is 2.12. The normalized spacial score (nSPS) is 8.33. The summed E-state index contributed by atoms with van der Waals surface area (Å²) in [7, 11) is 0. The second kappa shape index (κ2) is 4.13. The van der Waals surface area contributed by atoms with Gasteiger partial charge in [0, 0.05) is 0 Å². The van der Waals surface area contributed by atoms with E-state index in [1.807, 2.05) is 0 Å². The monoisotopic (exact) mass is 132 g/mol. The molecule has 0 spiro atoms. The third-order valence-electron chi connectivity index (χ3n) is 1.43. The predicted molar refractivity (Wildman–Crippen MR) is 47.7 cm³/mol. The number of hydrogen-bond donors (Lipinski definition) is 0. The molecule has 1 aromatic rings. The van der Waals surface area contributed by atoms with Gasteiger partial charge in [-0.3, -0.25) is 0 Å². The Morgan fingerprint density at radius 3 is 2.11 bits per heavy atom. The Morgan fingerprint density at radius 1 is 1.22 bits per heavy atom. The summed E-state index contributed by atoms with van der Waals surface area (Å²) < 4.78 is 1.37. The van der Waals surface area contributed by atoms with Gasteiger partial charge in [0.2, 0.25) is 0 Å². The maximum atomic E-state index is 2.12. The summed E-state index contributed by atoms with van der Waals surface area (Å²) in [5, 5.41) is 0. The molecular weight excluding hydrogens is 122 g/mol. The maximum absolute atomic E-state index is 2.12. The summed E-state index contributed by atoms with van der Waals surface area (Å²) in [6.07, 6.45) is 0. The third kappa shape index (κ3) is 2.54. The van der Waals surface area contributed by atoms with Gasteiger partial charge in [0.05, 0.1) is 0 Å². The molecule has 0 nitrogen and oxygen atoms in total. The number of benzene rings is 1. The molecule has 44 valence electrons. The minimum absolute atomic E-state index is 0. The first-order valence-corrected chi connectivity index (χ1v) is 2.83. The molecule has 9 heavy (non-hydrogen) atoms. The molecule has 0 saturated heterocycles. The van der Waals surface area contributed by atoms with Gasteiger partial charge < -0.3 is 0 Å². The van der Waals surface area contributed by atoms with Crippen LogP contribution in [0.4, 0.5) is 0 Å². The molecule has 0 bridgehead atoms. The number of aryl methyl sites for hydroxylation is 1. The van der Waals surface area contributed by atoms with Crippen molar-refractivity contribution in [3.05, 3.63) is 29.8 Å². The fourth-order valence-electron chi connectivity index (χ4n) is 0.663. The zero-order chi connectivity index (χ0) is 5.98. The van der Waals surface area contributed by atoms with Crippen LogP contribution in [0.25, 0.3) is 0 Å². The van der Waals surface area contributed by atoms with Crippen molar-refractivity contribution in [1.29, 1.82) is 0 Å². The van der Waals surface area contributed by atoms with Gasteiger partial charge >= 0.3 is 58.7 Å². The Bertz CT molecular complexity index is 165. The van der Waals surface area contributed by atoms with Crippen LogP contribution in [0.1, 0.15) is 5.56 Å². The van der Waals surface area contributed by atoms with Gasteiger partial charge in [-0.2, -0.15) is 9.90 Å². The summed E-state index contributed by atoms with van der Waals surface area (Å²) in [5.41, 5.74) is 1.37. The molecule has 0 aliphatic heterocycles. The van der Waals surface area contributed by atoms with Crippen molar-refractivity contribution in [1.82, 2.24) is 0 Å². The van der Waals surface area contributed by atoms with Crippen molar-refractivity contribution in [2.24, 2.45) is 0 Å². The molecule has 0 aromatic heterocycles.